The summed E-state index contributed by atoms with van der Waals surface area (Å²) in [4.78, 5) is 0. The molecule has 3 N–H and O–H groups in total. The lowest BCUT2D eigenvalue weighted by Crippen LogP contribution is -2.52. The lowest BCUT2D eigenvalue weighted by Gasteiger charge is -2.46. The lowest BCUT2D eigenvalue weighted by atomic mass is 9.68. The van der Waals surface area contributed by atoms with E-state index in [1.165, 1.54) is 51.4 Å². The first-order valence-corrected chi connectivity index (χ1v) is 7.76. The van der Waals surface area contributed by atoms with Crippen molar-refractivity contribution >= 4 is 0 Å². The Morgan fingerprint density at radius 1 is 1.28 bits per heavy atom. The molecule has 0 spiro atoms. The fourth-order valence-corrected chi connectivity index (χ4v) is 4.07. The highest BCUT2D eigenvalue weighted by molar-refractivity contribution is 4.96. The van der Waals surface area contributed by atoms with Crippen molar-refractivity contribution < 1.29 is 4.74 Å². The quantitative estimate of drug-likeness (QED) is 0.566. The smallest absolute Gasteiger partial charge is 0.0694 e. The Kier molecular flexibility index (Phi) is 5.05. The molecule has 0 amide bonds. The van der Waals surface area contributed by atoms with E-state index in [-0.39, 0.29) is 5.60 Å². The Labute approximate surface area is 112 Å². The third kappa shape index (κ3) is 2.89. The maximum atomic E-state index is 5.86. The first-order valence-electron chi connectivity index (χ1n) is 7.76. The molecule has 3 nitrogen and oxygen atoms in total. The molecule has 3 unspecified atom stereocenters. The fourth-order valence-electron chi connectivity index (χ4n) is 4.07. The van der Waals surface area contributed by atoms with Crippen LogP contribution in [0.1, 0.15) is 64.7 Å². The SMILES string of the molecule is CCC1CCCCC1C(CC1(OC)CCC1)NN. The second-order valence-electron chi connectivity index (χ2n) is 6.33. The average Bonchev–Trinajstić information content (AvgIpc) is 2.38. The molecule has 0 heterocycles. The number of methoxy groups -OCH3 is 1. The number of hydrogen-bond donors (Lipinski definition) is 2. The highest BCUT2D eigenvalue weighted by Crippen LogP contribution is 2.43. The van der Waals surface area contributed by atoms with Crippen molar-refractivity contribution in [3.05, 3.63) is 0 Å². The van der Waals surface area contributed by atoms with E-state index in [0.717, 1.165) is 18.3 Å². The number of ether oxygens (including phenoxy) is 1. The van der Waals surface area contributed by atoms with E-state index in [1.54, 1.807) is 0 Å². The van der Waals surface area contributed by atoms with Crippen LogP contribution >= 0.6 is 0 Å². The molecule has 0 aromatic rings. The van der Waals surface area contributed by atoms with Crippen LogP contribution in [0.3, 0.4) is 0 Å². The van der Waals surface area contributed by atoms with E-state index in [0.29, 0.717) is 6.04 Å². The van der Waals surface area contributed by atoms with Gasteiger partial charge in [-0.05, 0) is 43.9 Å². The van der Waals surface area contributed by atoms with Gasteiger partial charge in [-0.3, -0.25) is 11.3 Å². The summed E-state index contributed by atoms with van der Waals surface area (Å²) in [5.74, 6) is 7.46. The minimum Gasteiger partial charge on any atom is -0.378 e. The maximum Gasteiger partial charge on any atom is 0.0694 e. The van der Waals surface area contributed by atoms with Gasteiger partial charge in [0.15, 0.2) is 0 Å². The Bertz CT molecular complexity index is 247. The summed E-state index contributed by atoms with van der Waals surface area (Å²) in [6.07, 6.45) is 11.6. The minimum absolute atomic E-state index is 0.132. The first-order chi connectivity index (χ1) is 8.74. The topological polar surface area (TPSA) is 47.3 Å². The molecule has 106 valence electrons. The van der Waals surface area contributed by atoms with Crippen LogP contribution in [-0.2, 0) is 4.74 Å². The molecule has 2 saturated carbocycles. The lowest BCUT2D eigenvalue weighted by molar-refractivity contribution is -0.0899. The molecule has 0 radical (unpaired) electrons. The Hall–Kier alpha value is -0.120. The molecule has 0 aliphatic heterocycles. The van der Waals surface area contributed by atoms with E-state index < -0.39 is 0 Å². The average molecular weight is 254 g/mol. The Morgan fingerprint density at radius 3 is 2.50 bits per heavy atom. The predicted octanol–water partition coefficient (Wildman–Crippen LogP) is 2.99. The summed E-state index contributed by atoms with van der Waals surface area (Å²) in [5, 5.41) is 0. The van der Waals surface area contributed by atoms with E-state index in [1.807, 2.05) is 7.11 Å². The van der Waals surface area contributed by atoms with Gasteiger partial charge in [-0.25, -0.2) is 0 Å². The summed E-state index contributed by atoms with van der Waals surface area (Å²) in [6.45, 7) is 2.33. The monoisotopic (exact) mass is 254 g/mol. The standard InChI is InChI=1S/C15H30N2O/c1-3-12-7-4-5-8-13(12)14(17-16)11-15(18-2)9-6-10-15/h12-14,17H,3-11,16H2,1-2H3. The first kappa shape index (κ1) is 14.3. The van der Waals surface area contributed by atoms with Crippen molar-refractivity contribution in [1.29, 1.82) is 0 Å². The molecule has 0 aromatic heterocycles. The number of nitrogens with two attached hydrogens (primary N) is 1. The van der Waals surface area contributed by atoms with Gasteiger partial charge in [0.2, 0.25) is 0 Å². The van der Waals surface area contributed by atoms with Gasteiger partial charge in [0.1, 0.15) is 0 Å². The maximum absolute atomic E-state index is 5.86. The van der Waals surface area contributed by atoms with Crippen molar-refractivity contribution in [3.63, 3.8) is 0 Å². The van der Waals surface area contributed by atoms with Gasteiger partial charge >= 0.3 is 0 Å². The van der Waals surface area contributed by atoms with Crippen LogP contribution in [0.25, 0.3) is 0 Å². The molecule has 0 aromatic carbocycles. The van der Waals surface area contributed by atoms with Crippen molar-refractivity contribution in [3.8, 4) is 0 Å². The minimum atomic E-state index is 0.132. The van der Waals surface area contributed by atoms with Crippen LogP contribution in [0, 0.1) is 11.8 Å². The number of hydrazine groups is 1. The molecule has 3 heteroatoms. The van der Waals surface area contributed by atoms with Gasteiger partial charge in [0.25, 0.3) is 0 Å². The van der Waals surface area contributed by atoms with E-state index >= 15 is 0 Å². The normalized spacial score (nSPS) is 32.8. The van der Waals surface area contributed by atoms with Crippen molar-refractivity contribution in [1.82, 2.24) is 5.43 Å². The van der Waals surface area contributed by atoms with Gasteiger partial charge in [-0.2, -0.15) is 0 Å². The highest BCUT2D eigenvalue weighted by Gasteiger charge is 2.42. The fraction of sp³-hybridized carbons (Fsp3) is 1.00. The Morgan fingerprint density at radius 2 is 2.00 bits per heavy atom. The summed E-state index contributed by atoms with van der Waals surface area (Å²) in [7, 11) is 1.87. The van der Waals surface area contributed by atoms with E-state index in [4.69, 9.17) is 10.6 Å². The van der Waals surface area contributed by atoms with Gasteiger partial charge < -0.3 is 4.74 Å². The summed E-state index contributed by atoms with van der Waals surface area (Å²) >= 11 is 0. The molecule has 2 aliphatic carbocycles. The zero-order valence-corrected chi connectivity index (χ0v) is 12.1. The van der Waals surface area contributed by atoms with Gasteiger partial charge in [0.05, 0.1) is 5.60 Å². The predicted molar refractivity (Wildman–Crippen MR) is 75.1 cm³/mol. The molecular weight excluding hydrogens is 224 g/mol. The van der Waals surface area contributed by atoms with Crippen LogP contribution in [0.4, 0.5) is 0 Å². The third-order valence-electron chi connectivity index (χ3n) is 5.51. The summed E-state index contributed by atoms with van der Waals surface area (Å²) in [5.41, 5.74) is 3.25. The summed E-state index contributed by atoms with van der Waals surface area (Å²) < 4.78 is 5.77. The van der Waals surface area contributed by atoms with Gasteiger partial charge in [-0.1, -0.05) is 32.6 Å². The number of hydrogen-bond acceptors (Lipinski definition) is 3. The molecule has 3 atom stereocenters. The molecule has 0 saturated heterocycles. The zero-order chi connectivity index (χ0) is 13.0. The number of rotatable bonds is 6. The molecule has 0 bridgehead atoms. The molecule has 2 aliphatic rings. The zero-order valence-electron chi connectivity index (χ0n) is 12.1. The molecule has 2 rings (SSSR count). The van der Waals surface area contributed by atoms with Gasteiger partial charge in [0, 0.05) is 13.2 Å². The molecule has 18 heavy (non-hydrogen) atoms. The molecule has 2 fully saturated rings. The van der Waals surface area contributed by atoms with Crippen LogP contribution in [0.5, 0.6) is 0 Å². The third-order valence-corrected chi connectivity index (χ3v) is 5.51. The largest absolute Gasteiger partial charge is 0.378 e. The van der Waals surface area contributed by atoms with Crippen molar-refractivity contribution in [2.75, 3.05) is 7.11 Å². The van der Waals surface area contributed by atoms with Crippen LogP contribution < -0.4 is 11.3 Å². The van der Waals surface area contributed by atoms with Crippen LogP contribution in [0.2, 0.25) is 0 Å². The second kappa shape index (κ2) is 6.36. The number of nitrogens with one attached hydrogen (secondary N) is 1. The van der Waals surface area contributed by atoms with Crippen molar-refractivity contribution in [2.45, 2.75) is 76.4 Å². The van der Waals surface area contributed by atoms with E-state index in [2.05, 4.69) is 12.3 Å². The summed E-state index contributed by atoms with van der Waals surface area (Å²) in [6, 6.07) is 0.440. The second-order valence-corrected chi connectivity index (χ2v) is 6.33. The highest BCUT2D eigenvalue weighted by atomic mass is 16.5. The van der Waals surface area contributed by atoms with Crippen molar-refractivity contribution in [2.24, 2.45) is 17.7 Å². The molecular formula is C15H30N2O. The Balaban J connectivity index is 1.98. The van der Waals surface area contributed by atoms with Crippen LogP contribution in [0.15, 0.2) is 0 Å². The van der Waals surface area contributed by atoms with Gasteiger partial charge in [-0.15, -0.1) is 0 Å². The van der Waals surface area contributed by atoms with E-state index in [9.17, 15) is 0 Å². The van der Waals surface area contributed by atoms with Crippen LogP contribution in [-0.4, -0.2) is 18.8 Å².